The number of nitrogens with one attached hydrogen (secondary N) is 1. The van der Waals surface area contributed by atoms with Crippen LogP contribution >= 0.6 is 0 Å². The second-order valence-electron chi connectivity index (χ2n) is 5.68. The van der Waals surface area contributed by atoms with Crippen molar-refractivity contribution < 1.29 is 0 Å². The smallest absolute Gasteiger partial charge is 0.0708 e. The van der Waals surface area contributed by atoms with Crippen molar-refractivity contribution >= 4 is 10.9 Å². The van der Waals surface area contributed by atoms with Crippen molar-refractivity contribution in [1.82, 2.24) is 10.3 Å². The first-order valence-corrected chi connectivity index (χ1v) is 7.92. The lowest BCUT2D eigenvalue weighted by molar-refractivity contribution is 0.526. The van der Waals surface area contributed by atoms with Gasteiger partial charge in [-0.1, -0.05) is 44.2 Å². The number of hydrogen-bond acceptors (Lipinski definition) is 2. The maximum absolute atomic E-state index is 4.65. The Morgan fingerprint density at radius 1 is 1.29 bits per heavy atom. The number of fused-ring (bicyclic) bond motifs is 1. The highest BCUT2D eigenvalue weighted by molar-refractivity contribution is 5.82. The van der Waals surface area contributed by atoms with Crippen LogP contribution in [0.1, 0.15) is 50.4 Å². The lowest BCUT2D eigenvalue weighted by atomic mass is 9.94. The fraction of sp³-hybridized carbons (Fsp3) is 0.421. The molecule has 0 amide bonds. The summed E-state index contributed by atoms with van der Waals surface area (Å²) >= 11 is 0. The van der Waals surface area contributed by atoms with Crippen molar-refractivity contribution in [2.75, 3.05) is 6.54 Å². The first kappa shape index (κ1) is 15.7. The van der Waals surface area contributed by atoms with Crippen LogP contribution in [0, 0.1) is 6.92 Å². The fourth-order valence-corrected chi connectivity index (χ4v) is 2.67. The van der Waals surface area contributed by atoms with E-state index in [0.29, 0.717) is 6.04 Å². The SMILES string of the molecule is C=C(CC)CC(NCCC)c1cc(C)nc2ccccc12. The summed E-state index contributed by atoms with van der Waals surface area (Å²) < 4.78 is 0. The summed E-state index contributed by atoms with van der Waals surface area (Å²) in [5, 5.41) is 4.93. The molecule has 1 unspecified atom stereocenters. The molecule has 0 spiro atoms. The summed E-state index contributed by atoms with van der Waals surface area (Å²) in [6, 6.07) is 11.0. The van der Waals surface area contributed by atoms with Gasteiger partial charge in [0.1, 0.15) is 0 Å². The summed E-state index contributed by atoms with van der Waals surface area (Å²) in [5.41, 5.74) is 4.80. The van der Waals surface area contributed by atoms with Crippen molar-refractivity contribution in [2.45, 2.75) is 46.1 Å². The van der Waals surface area contributed by atoms with E-state index in [9.17, 15) is 0 Å². The van der Waals surface area contributed by atoms with Gasteiger partial charge in [0.15, 0.2) is 0 Å². The van der Waals surface area contributed by atoms with Crippen molar-refractivity contribution in [3.8, 4) is 0 Å². The quantitative estimate of drug-likeness (QED) is 0.727. The zero-order valence-corrected chi connectivity index (χ0v) is 13.4. The molecule has 0 fully saturated rings. The molecule has 0 saturated heterocycles. The Morgan fingerprint density at radius 2 is 2.05 bits per heavy atom. The van der Waals surface area contributed by atoms with E-state index in [-0.39, 0.29) is 0 Å². The second-order valence-corrected chi connectivity index (χ2v) is 5.68. The van der Waals surface area contributed by atoms with Gasteiger partial charge in [0.05, 0.1) is 5.52 Å². The highest BCUT2D eigenvalue weighted by Gasteiger charge is 2.15. The molecule has 0 aliphatic carbocycles. The number of hydrogen-bond donors (Lipinski definition) is 1. The zero-order chi connectivity index (χ0) is 15.2. The van der Waals surface area contributed by atoms with E-state index in [2.05, 4.69) is 68.0 Å². The normalized spacial score (nSPS) is 12.5. The molecule has 1 aromatic heterocycles. The number of benzene rings is 1. The van der Waals surface area contributed by atoms with Gasteiger partial charge in [0.2, 0.25) is 0 Å². The molecule has 1 heterocycles. The van der Waals surface area contributed by atoms with E-state index in [0.717, 1.165) is 37.0 Å². The lowest BCUT2D eigenvalue weighted by Crippen LogP contribution is -2.23. The predicted octanol–water partition coefficient (Wildman–Crippen LogP) is 4.94. The summed E-state index contributed by atoms with van der Waals surface area (Å²) in [5.74, 6) is 0. The molecule has 2 nitrogen and oxygen atoms in total. The van der Waals surface area contributed by atoms with Gasteiger partial charge in [-0.2, -0.15) is 0 Å². The maximum Gasteiger partial charge on any atom is 0.0708 e. The van der Waals surface area contributed by atoms with Crippen LogP contribution in [0.2, 0.25) is 0 Å². The minimum atomic E-state index is 0.323. The Labute approximate surface area is 128 Å². The molecule has 112 valence electrons. The van der Waals surface area contributed by atoms with E-state index in [1.165, 1.54) is 16.5 Å². The van der Waals surface area contributed by atoms with E-state index in [1.54, 1.807) is 0 Å². The van der Waals surface area contributed by atoms with Crippen molar-refractivity contribution in [1.29, 1.82) is 0 Å². The monoisotopic (exact) mass is 282 g/mol. The molecule has 2 rings (SSSR count). The predicted molar refractivity (Wildman–Crippen MR) is 91.6 cm³/mol. The Balaban J connectivity index is 2.44. The lowest BCUT2D eigenvalue weighted by Gasteiger charge is -2.22. The van der Waals surface area contributed by atoms with E-state index >= 15 is 0 Å². The topological polar surface area (TPSA) is 24.9 Å². The van der Waals surface area contributed by atoms with Gasteiger partial charge < -0.3 is 5.32 Å². The van der Waals surface area contributed by atoms with E-state index in [4.69, 9.17) is 0 Å². The van der Waals surface area contributed by atoms with Gasteiger partial charge >= 0.3 is 0 Å². The first-order chi connectivity index (χ1) is 10.2. The Kier molecular flexibility index (Phi) is 5.51. The van der Waals surface area contributed by atoms with Crippen LogP contribution in [0.15, 0.2) is 42.5 Å². The molecule has 0 radical (unpaired) electrons. The van der Waals surface area contributed by atoms with Crippen LogP contribution < -0.4 is 5.32 Å². The molecular weight excluding hydrogens is 256 g/mol. The van der Waals surface area contributed by atoms with Gasteiger partial charge in [0.25, 0.3) is 0 Å². The number of rotatable bonds is 7. The van der Waals surface area contributed by atoms with Crippen LogP contribution in [0.3, 0.4) is 0 Å². The van der Waals surface area contributed by atoms with Crippen LogP contribution in [-0.2, 0) is 0 Å². The number of nitrogens with zero attached hydrogens (tertiary/aromatic N) is 1. The zero-order valence-electron chi connectivity index (χ0n) is 13.4. The third-order valence-electron chi connectivity index (χ3n) is 3.89. The van der Waals surface area contributed by atoms with Gasteiger partial charge in [-0.05, 0) is 50.4 Å². The largest absolute Gasteiger partial charge is 0.310 e. The molecule has 0 aliphatic heterocycles. The minimum absolute atomic E-state index is 0.323. The average Bonchev–Trinajstić information content (AvgIpc) is 2.50. The molecule has 0 bridgehead atoms. The van der Waals surface area contributed by atoms with Crippen LogP contribution in [0.25, 0.3) is 10.9 Å². The van der Waals surface area contributed by atoms with Crippen molar-refractivity contribution in [2.24, 2.45) is 0 Å². The number of para-hydroxylation sites is 1. The Morgan fingerprint density at radius 3 is 2.76 bits per heavy atom. The molecular formula is C19H26N2. The van der Waals surface area contributed by atoms with Gasteiger partial charge in [0, 0.05) is 17.1 Å². The summed E-state index contributed by atoms with van der Waals surface area (Å²) in [7, 11) is 0. The maximum atomic E-state index is 4.65. The fourth-order valence-electron chi connectivity index (χ4n) is 2.67. The molecule has 0 saturated carbocycles. The minimum Gasteiger partial charge on any atom is -0.310 e. The highest BCUT2D eigenvalue weighted by atomic mass is 14.9. The Hall–Kier alpha value is -1.67. The average molecular weight is 282 g/mol. The molecule has 1 N–H and O–H groups in total. The van der Waals surface area contributed by atoms with Gasteiger partial charge in [-0.25, -0.2) is 0 Å². The Bertz CT molecular complexity index is 616. The van der Waals surface area contributed by atoms with Crippen molar-refractivity contribution in [3.63, 3.8) is 0 Å². The summed E-state index contributed by atoms with van der Waals surface area (Å²) in [6.07, 6.45) is 3.16. The molecule has 1 atom stereocenters. The molecule has 0 aliphatic rings. The van der Waals surface area contributed by atoms with Crippen LogP contribution in [-0.4, -0.2) is 11.5 Å². The molecule has 1 aromatic carbocycles. The number of pyridine rings is 1. The standard InChI is InChI=1S/C19H26N2/c1-5-11-20-19(12-14(3)6-2)17-13-15(4)21-18-10-8-7-9-16(17)18/h7-10,13,19-20H,3,5-6,11-12H2,1-2,4H3. The van der Waals surface area contributed by atoms with E-state index < -0.39 is 0 Å². The third-order valence-corrected chi connectivity index (χ3v) is 3.89. The number of aromatic nitrogens is 1. The molecule has 2 aromatic rings. The second kappa shape index (κ2) is 7.37. The third kappa shape index (κ3) is 3.92. The van der Waals surface area contributed by atoms with Crippen LogP contribution in [0.5, 0.6) is 0 Å². The van der Waals surface area contributed by atoms with Crippen molar-refractivity contribution in [3.05, 3.63) is 53.7 Å². The summed E-state index contributed by atoms with van der Waals surface area (Å²) in [4.78, 5) is 4.65. The summed E-state index contributed by atoms with van der Waals surface area (Å²) in [6.45, 7) is 11.7. The molecule has 2 heteroatoms. The van der Waals surface area contributed by atoms with E-state index in [1.807, 2.05) is 0 Å². The highest BCUT2D eigenvalue weighted by Crippen LogP contribution is 2.28. The first-order valence-electron chi connectivity index (χ1n) is 7.92. The van der Waals surface area contributed by atoms with Gasteiger partial charge in [-0.3, -0.25) is 4.98 Å². The van der Waals surface area contributed by atoms with Crippen LogP contribution in [0.4, 0.5) is 0 Å². The number of aryl methyl sites for hydroxylation is 1. The van der Waals surface area contributed by atoms with Gasteiger partial charge in [-0.15, -0.1) is 0 Å². The molecule has 21 heavy (non-hydrogen) atoms.